The molecule has 10 heteroatoms. The molecular weight excluding hydrogens is 345 g/mol. The van der Waals surface area contributed by atoms with Crippen LogP contribution in [0.25, 0.3) is 0 Å². The Hall–Kier alpha value is -1.42. The van der Waals surface area contributed by atoms with Crippen molar-refractivity contribution in [2.45, 2.75) is 25.2 Å². The predicted octanol–water partition coefficient (Wildman–Crippen LogP) is 1.57. The van der Waals surface area contributed by atoms with Gasteiger partial charge in [0, 0.05) is 19.7 Å². The van der Waals surface area contributed by atoms with E-state index < -0.39 is 24.2 Å². The Morgan fingerprint density at radius 2 is 2.15 bits per heavy atom. The summed E-state index contributed by atoms with van der Waals surface area (Å²) in [6.45, 7) is 1.64. The van der Waals surface area contributed by atoms with Gasteiger partial charge < -0.3 is 5.11 Å². The van der Waals surface area contributed by atoms with Crippen molar-refractivity contribution in [2.75, 3.05) is 0 Å². The van der Waals surface area contributed by atoms with E-state index in [0.29, 0.717) is 5.69 Å². The molecule has 0 aliphatic carbocycles. The molecule has 0 saturated heterocycles. The molecule has 0 unspecified atom stereocenters. The van der Waals surface area contributed by atoms with E-state index in [0.717, 1.165) is 6.21 Å². The summed E-state index contributed by atoms with van der Waals surface area (Å²) < 4.78 is 40.3. The zero-order valence-corrected chi connectivity index (χ0v) is 12.0. The highest BCUT2D eigenvalue weighted by atomic mass is 79.9. The van der Waals surface area contributed by atoms with Gasteiger partial charge in [0.25, 0.3) is 11.6 Å². The number of nitrogens with zero attached hydrogens (tertiary/aromatic N) is 4. The van der Waals surface area contributed by atoms with E-state index in [1.807, 2.05) is 0 Å². The number of carbonyl (C=O) groups is 1. The molecule has 6 nitrogen and oxygen atoms in total. The summed E-state index contributed by atoms with van der Waals surface area (Å²) in [4.78, 5) is 12.1. The number of hydrazone groups is 1. The Bertz CT molecular complexity index is 598. The Morgan fingerprint density at radius 3 is 2.60 bits per heavy atom. The van der Waals surface area contributed by atoms with Crippen LogP contribution in [0.15, 0.2) is 9.57 Å². The summed E-state index contributed by atoms with van der Waals surface area (Å²) in [6, 6.07) is 0. The number of alkyl halides is 3. The largest absolute Gasteiger partial charge is 0.438 e. The van der Waals surface area contributed by atoms with Gasteiger partial charge in [-0.25, -0.2) is 0 Å². The highest BCUT2D eigenvalue weighted by molar-refractivity contribution is 9.10. The van der Waals surface area contributed by atoms with Crippen LogP contribution in [0, 0.1) is 6.92 Å². The smallest absolute Gasteiger partial charge is 0.362 e. The monoisotopic (exact) mass is 354 g/mol. The van der Waals surface area contributed by atoms with Crippen molar-refractivity contribution in [1.82, 2.24) is 14.8 Å². The first-order chi connectivity index (χ1) is 9.09. The fourth-order valence-electron chi connectivity index (χ4n) is 1.71. The van der Waals surface area contributed by atoms with E-state index in [9.17, 15) is 23.1 Å². The molecule has 20 heavy (non-hydrogen) atoms. The Morgan fingerprint density at radius 1 is 1.55 bits per heavy atom. The summed E-state index contributed by atoms with van der Waals surface area (Å²) in [5, 5.41) is 16.9. The van der Waals surface area contributed by atoms with Crippen molar-refractivity contribution in [3.63, 3.8) is 0 Å². The van der Waals surface area contributed by atoms with Gasteiger partial charge >= 0.3 is 6.18 Å². The van der Waals surface area contributed by atoms with E-state index in [4.69, 9.17) is 0 Å². The average molecular weight is 355 g/mol. The van der Waals surface area contributed by atoms with Gasteiger partial charge in [-0.15, -0.1) is 0 Å². The predicted molar refractivity (Wildman–Crippen MR) is 65.9 cm³/mol. The molecule has 1 N–H and O–H groups in total. The number of amides is 1. The van der Waals surface area contributed by atoms with E-state index in [-0.39, 0.29) is 15.2 Å². The van der Waals surface area contributed by atoms with Gasteiger partial charge in [0.1, 0.15) is 0 Å². The number of aromatic nitrogens is 2. The molecule has 2 rings (SSSR count). The van der Waals surface area contributed by atoms with Gasteiger partial charge in [0.2, 0.25) is 0 Å². The highest BCUT2D eigenvalue weighted by Crippen LogP contribution is 2.39. The minimum Gasteiger partial charge on any atom is -0.362 e. The van der Waals surface area contributed by atoms with Crippen molar-refractivity contribution in [1.29, 1.82) is 0 Å². The number of aryl methyl sites for hydroxylation is 1. The van der Waals surface area contributed by atoms with Crippen LogP contribution >= 0.6 is 15.9 Å². The fourth-order valence-corrected chi connectivity index (χ4v) is 2.21. The zero-order chi connectivity index (χ0) is 15.3. The molecule has 110 valence electrons. The molecule has 1 amide bonds. The van der Waals surface area contributed by atoms with Crippen LogP contribution in [0.3, 0.4) is 0 Å². The van der Waals surface area contributed by atoms with E-state index in [1.165, 1.54) is 4.68 Å². The number of carbonyl (C=O) groups excluding carboxylic acids is 1. The lowest BCUT2D eigenvalue weighted by Gasteiger charge is -2.32. The maximum absolute atomic E-state index is 12.9. The lowest BCUT2D eigenvalue weighted by atomic mass is 10.1. The van der Waals surface area contributed by atoms with Crippen molar-refractivity contribution in [3.05, 3.63) is 15.9 Å². The topological polar surface area (TPSA) is 70.7 Å². The maximum Gasteiger partial charge on any atom is 0.438 e. The fraction of sp³-hybridized carbons (Fsp3) is 0.500. The standard InChI is InChI=1S/C10H10BrF3N4O2/c1-5-6(11)7(16-17(5)2)8(19)18-9(20,3-4-15-18)10(12,13)14/h4,20H,3H2,1-2H3/t9-/m0/s1. The average Bonchev–Trinajstić information content (AvgIpc) is 2.85. The molecule has 1 aliphatic heterocycles. The molecule has 2 heterocycles. The molecule has 0 radical (unpaired) electrons. The van der Waals surface area contributed by atoms with Crippen LogP contribution < -0.4 is 0 Å². The number of hydrogen-bond donors (Lipinski definition) is 1. The van der Waals surface area contributed by atoms with Crippen LogP contribution in [-0.2, 0) is 7.05 Å². The third-order valence-electron chi connectivity index (χ3n) is 3.03. The zero-order valence-electron chi connectivity index (χ0n) is 10.4. The highest BCUT2D eigenvalue weighted by Gasteiger charge is 2.62. The van der Waals surface area contributed by atoms with E-state index in [2.05, 4.69) is 26.1 Å². The molecular formula is C10H10BrF3N4O2. The van der Waals surface area contributed by atoms with Crippen molar-refractivity contribution in [3.8, 4) is 0 Å². The second-order valence-corrected chi connectivity index (χ2v) is 5.10. The van der Waals surface area contributed by atoms with E-state index in [1.54, 1.807) is 14.0 Å². The summed E-state index contributed by atoms with van der Waals surface area (Å²) in [6.07, 6.45) is -4.99. The summed E-state index contributed by atoms with van der Waals surface area (Å²) in [5.74, 6) is -1.13. The third kappa shape index (κ3) is 2.03. The first-order valence-electron chi connectivity index (χ1n) is 5.45. The Labute approximate surface area is 120 Å². The lowest BCUT2D eigenvalue weighted by Crippen LogP contribution is -2.56. The number of rotatable bonds is 1. The van der Waals surface area contributed by atoms with E-state index >= 15 is 0 Å². The minimum atomic E-state index is -5.02. The van der Waals surface area contributed by atoms with Crippen molar-refractivity contribution in [2.24, 2.45) is 12.1 Å². The van der Waals surface area contributed by atoms with Crippen molar-refractivity contribution < 1.29 is 23.1 Å². The van der Waals surface area contributed by atoms with Crippen LogP contribution in [-0.4, -0.2) is 43.9 Å². The summed E-state index contributed by atoms with van der Waals surface area (Å²) >= 11 is 3.09. The Balaban J connectivity index is 2.43. The first kappa shape index (κ1) is 15.0. The lowest BCUT2D eigenvalue weighted by molar-refractivity contribution is -0.297. The second kappa shape index (κ2) is 4.55. The summed E-state index contributed by atoms with van der Waals surface area (Å²) in [5.41, 5.74) is -3.02. The molecule has 0 aromatic carbocycles. The molecule has 0 spiro atoms. The second-order valence-electron chi connectivity index (χ2n) is 4.31. The number of aliphatic hydroxyl groups is 1. The normalized spacial score (nSPS) is 22.6. The summed E-state index contributed by atoms with van der Waals surface area (Å²) in [7, 11) is 1.54. The molecule has 0 saturated carbocycles. The number of hydrogen-bond acceptors (Lipinski definition) is 4. The number of halogens is 4. The minimum absolute atomic E-state index is 0.0134. The van der Waals surface area contributed by atoms with Gasteiger partial charge in [-0.05, 0) is 22.9 Å². The van der Waals surface area contributed by atoms with Gasteiger partial charge in [-0.2, -0.15) is 28.4 Å². The molecule has 1 aliphatic rings. The van der Waals surface area contributed by atoms with Crippen LogP contribution in [0.4, 0.5) is 13.2 Å². The maximum atomic E-state index is 12.9. The molecule has 0 bridgehead atoms. The van der Waals surface area contributed by atoms with Gasteiger partial charge in [-0.1, -0.05) is 0 Å². The molecule has 1 aromatic rings. The quantitative estimate of drug-likeness (QED) is 0.832. The Kier molecular flexibility index (Phi) is 3.41. The molecule has 1 aromatic heterocycles. The van der Waals surface area contributed by atoms with Gasteiger partial charge in [-0.3, -0.25) is 9.48 Å². The van der Waals surface area contributed by atoms with Crippen molar-refractivity contribution >= 4 is 28.1 Å². The van der Waals surface area contributed by atoms with Gasteiger partial charge in [0.05, 0.1) is 10.2 Å². The van der Waals surface area contributed by atoms with Crippen LogP contribution in [0.2, 0.25) is 0 Å². The molecule has 1 atom stereocenters. The van der Waals surface area contributed by atoms with Crippen LogP contribution in [0.5, 0.6) is 0 Å². The SMILES string of the molecule is Cc1c(Br)c(C(=O)N2N=CC[C@]2(O)C(F)(F)F)nn1C. The molecule has 0 fully saturated rings. The van der Waals surface area contributed by atoms with Crippen LogP contribution in [0.1, 0.15) is 22.6 Å². The first-order valence-corrected chi connectivity index (χ1v) is 6.24. The van der Waals surface area contributed by atoms with Gasteiger partial charge in [0.15, 0.2) is 5.69 Å². The third-order valence-corrected chi connectivity index (χ3v) is 3.98.